The SMILES string of the molecule is CCOc1cc(/C=C2\C(=O)N(CC)c3ccccc32)cc(Br)c1OCc1ccc(F)cc1. The van der Waals surface area contributed by atoms with Crippen LogP contribution >= 0.6 is 15.9 Å². The van der Waals surface area contributed by atoms with Gasteiger partial charge in [-0.1, -0.05) is 30.3 Å². The number of anilines is 1. The largest absolute Gasteiger partial charge is 0.490 e. The molecule has 1 amide bonds. The molecule has 32 heavy (non-hydrogen) atoms. The average molecular weight is 496 g/mol. The molecule has 0 aliphatic carbocycles. The zero-order valence-electron chi connectivity index (χ0n) is 17.9. The Morgan fingerprint density at radius 2 is 1.78 bits per heavy atom. The van der Waals surface area contributed by atoms with E-state index in [9.17, 15) is 9.18 Å². The molecule has 0 aromatic heterocycles. The van der Waals surface area contributed by atoms with Crippen molar-refractivity contribution in [3.63, 3.8) is 0 Å². The highest BCUT2D eigenvalue weighted by Gasteiger charge is 2.30. The van der Waals surface area contributed by atoms with Crippen LogP contribution in [0.25, 0.3) is 11.6 Å². The van der Waals surface area contributed by atoms with Crippen molar-refractivity contribution in [2.24, 2.45) is 0 Å². The van der Waals surface area contributed by atoms with Crippen LogP contribution in [0.3, 0.4) is 0 Å². The monoisotopic (exact) mass is 495 g/mol. The van der Waals surface area contributed by atoms with Crippen molar-refractivity contribution in [1.29, 1.82) is 0 Å². The third-order valence-corrected chi connectivity index (χ3v) is 5.80. The van der Waals surface area contributed by atoms with E-state index in [2.05, 4.69) is 15.9 Å². The van der Waals surface area contributed by atoms with Crippen LogP contribution in [-0.2, 0) is 11.4 Å². The van der Waals surface area contributed by atoms with Crippen molar-refractivity contribution >= 4 is 39.2 Å². The van der Waals surface area contributed by atoms with E-state index in [4.69, 9.17) is 9.47 Å². The van der Waals surface area contributed by atoms with Crippen LogP contribution in [0.5, 0.6) is 11.5 Å². The van der Waals surface area contributed by atoms with Crippen molar-refractivity contribution in [3.8, 4) is 11.5 Å². The summed E-state index contributed by atoms with van der Waals surface area (Å²) in [6.45, 7) is 5.21. The smallest absolute Gasteiger partial charge is 0.258 e. The number of nitrogens with zero attached hydrogens (tertiary/aromatic N) is 1. The highest BCUT2D eigenvalue weighted by molar-refractivity contribution is 9.10. The molecule has 164 valence electrons. The van der Waals surface area contributed by atoms with Gasteiger partial charge in [-0.2, -0.15) is 0 Å². The highest BCUT2D eigenvalue weighted by atomic mass is 79.9. The van der Waals surface area contributed by atoms with Crippen molar-refractivity contribution in [2.75, 3.05) is 18.1 Å². The molecule has 4 rings (SSSR count). The summed E-state index contributed by atoms with van der Waals surface area (Å²) < 4.78 is 25.7. The maximum absolute atomic E-state index is 13.2. The summed E-state index contributed by atoms with van der Waals surface area (Å²) in [5, 5.41) is 0. The predicted octanol–water partition coefficient (Wildman–Crippen LogP) is 6.47. The van der Waals surface area contributed by atoms with Gasteiger partial charge in [-0.25, -0.2) is 4.39 Å². The molecule has 0 radical (unpaired) electrons. The fraction of sp³-hybridized carbons (Fsp3) is 0.192. The van der Waals surface area contributed by atoms with Gasteiger partial charge in [-0.3, -0.25) is 4.79 Å². The summed E-state index contributed by atoms with van der Waals surface area (Å²) in [5.41, 5.74) is 4.17. The predicted molar refractivity (Wildman–Crippen MR) is 128 cm³/mol. The van der Waals surface area contributed by atoms with Crippen molar-refractivity contribution < 1.29 is 18.7 Å². The van der Waals surface area contributed by atoms with Crippen molar-refractivity contribution in [2.45, 2.75) is 20.5 Å². The summed E-state index contributed by atoms with van der Waals surface area (Å²) >= 11 is 3.59. The molecular formula is C26H23BrFNO3. The Balaban J connectivity index is 1.67. The number of rotatable bonds is 7. The van der Waals surface area contributed by atoms with E-state index < -0.39 is 0 Å². The molecule has 1 aliphatic rings. The first-order chi connectivity index (χ1) is 15.5. The van der Waals surface area contributed by atoms with Crippen LogP contribution in [0, 0.1) is 5.82 Å². The quantitative estimate of drug-likeness (QED) is 0.352. The Kier molecular flexibility index (Phi) is 6.61. The third kappa shape index (κ3) is 4.41. The van der Waals surface area contributed by atoms with Gasteiger partial charge in [-0.05, 0) is 77.3 Å². The van der Waals surface area contributed by atoms with Gasteiger partial charge in [-0.15, -0.1) is 0 Å². The molecule has 0 bridgehead atoms. The standard InChI is InChI=1S/C26H23BrFNO3/c1-3-29-23-8-6-5-7-20(23)21(26(29)30)13-18-14-22(27)25(24(15-18)31-4-2)32-16-17-9-11-19(28)12-10-17/h5-15H,3-4,16H2,1-2H3/b21-13-. The molecule has 4 nitrogen and oxygen atoms in total. The molecule has 0 unspecified atom stereocenters. The zero-order valence-corrected chi connectivity index (χ0v) is 19.5. The molecule has 1 heterocycles. The minimum Gasteiger partial charge on any atom is -0.490 e. The fourth-order valence-corrected chi connectivity index (χ4v) is 4.31. The minimum absolute atomic E-state index is 0.0144. The van der Waals surface area contributed by atoms with Crippen LogP contribution in [0.2, 0.25) is 0 Å². The molecule has 0 saturated heterocycles. The van der Waals surface area contributed by atoms with E-state index >= 15 is 0 Å². The van der Waals surface area contributed by atoms with Gasteiger partial charge in [0.25, 0.3) is 5.91 Å². The number of carbonyl (C=O) groups is 1. The van der Waals surface area contributed by atoms with Crippen molar-refractivity contribution in [1.82, 2.24) is 0 Å². The Morgan fingerprint density at radius 3 is 2.50 bits per heavy atom. The second kappa shape index (κ2) is 9.57. The normalized spacial score (nSPS) is 14.1. The second-order valence-corrected chi connectivity index (χ2v) is 8.16. The van der Waals surface area contributed by atoms with Crippen LogP contribution in [-0.4, -0.2) is 19.1 Å². The lowest BCUT2D eigenvalue weighted by molar-refractivity contribution is -0.112. The summed E-state index contributed by atoms with van der Waals surface area (Å²) in [7, 11) is 0. The molecule has 0 atom stereocenters. The number of carbonyl (C=O) groups excluding carboxylic acids is 1. The van der Waals surface area contributed by atoms with Crippen LogP contribution in [0.15, 0.2) is 65.1 Å². The number of fused-ring (bicyclic) bond motifs is 1. The molecule has 0 saturated carbocycles. The molecule has 6 heteroatoms. The minimum atomic E-state index is -0.285. The molecular weight excluding hydrogens is 473 g/mol. The highest BCUT2D eigenvalue weighted by Crippen LogP contribution is 2.41. The fourth-order valence-electron chi connectivity index (χ4n) is 3.74. The van der Waals surface area contributed by atoms with Crippen LogP contribution in [0.4, 0.5) is 10.1 Å². The summed E-state index contributed by atoms with van der Waals surface area (Å²) in [6.07, 6.45) is 1.88. The van der Waals surface area contributed by atoms with E-state index in [1.807, 2.05) is 56.3 Å². The molecule has 0 N–H and O–H groups in total. The van der Waals surface area contributed by atoms with Crippen LogP contribution in [0.1, 0.15) is 30.5 Å². The van der Waals surface area contributed by atoms with E-state index in [1.54, 1.807) is 17.0 Å². The van der Waals surface area contributed by atoms with Gasteiger partial charge in [0.1, 0.15) is 12.4 Å². The first-order valence-corrected chi connectivity index (χ1v) is 11.3. The number of hydrogen-bond donors (Lipinski definition) is 0. The number of halogens is 2. The van der Waals surface area contributed by atoms with Gasteiger partial charge in [0.05, 0.1) is 16.8 Å². The number of ether oxygens (including phenoxy) is 2. The van der Waals surface area contributed by atoms with Gasteiger partial charge < -0.3 is 14.4 Å². The molecule has 3 aromatic rings. The number of benzene rings is 3. The summed E-state index contributed by atoms with van der Waals surface area (Å²) in [6, 6.07) is 17.8. The maximum atomic E-state index is 13.2. The Hall–Kier alpha value is -3.12. The Labute approximate surface area is 195 Å². The first kappa shape index (κ1) is 22.1. The van der Waals surface area contributed by atoms with Gasteiger partial charge in [0.15, 0.2) is 11.5 Å². The topological polar surface area (TPSA) is 38.8 Å². The number of para-hydroxylation sites is 1. The third-order valence-electron chi connectivity index (χ3n) is 5.22. The lowest BCUT2D eigenvalue weighted by atomic mass is 10.0. The lowest BCUT2D eigenvalue weighted by Gasteiger charge is -2.15. The zero-order chi connectivity index (χ0) is 22.7. The van der Waals surface area contributed by atoms with E-state index in [1.165, 1.54) is 12.1 Å². The van der Waals surface area contributed by atoms with E-state index in [-0.39, 0.29) is 18.3 Å². The summed E-state index contributed by atoms with van der Waals surface area (Å²) in [5.74, 6) is 0.833. The molecule has 3 aromatic carbocycles. The number of likely N-dealkylation sites (N-methyl/N-ethyl adjacent to an activating group) is 1. The first-order valence-electron chi connectivity index (χ1n) is 10.5. The van der Waals surface area contributed by atoms with Gasteiger partial charge >= 0.3 is 0 Å². The van der Waals surface area contributed by atoms with Crippen LogP contribution < -0.4 is 14.4 Å². The maximum Gasteiger partial charge on any atom is 0.258 e. The lowest BCUT2D eigenvalue weighted by Crippen LogP contribution is -2.25. The average Bonchev–Trinajstić information content (AvgIpc) is 3.05. The number of amides is 1. The van der Waals surface area contributed by atoms with E-state index in [0.717, 1.165) is 22.4 Å². The Morgan fingerprint density at radius 1 is 1.03 bits per heavy atom. The van der Waals surface area contributed by atoms with Crippen molar-refractivity contribution in [3.05, 3.63) is 87.6 Å². The van der Waals surface area contributed by atoms with Gasteiger partial charge in [0, 0.05) is 17.7 Å². The molecule has 1 aliphatic heterocycles. The van der Waals surface area contributed by atoms with E-state index in [0.29, 0.717) is 34.7 Å². The van der Waals surface area contributed by atoms with Gasteiger partial charge in [0.2, 0.25) is 0 Å². The second-order valence-electron chi connectivity index (χ2n) is 7.30. The number of hydrogen-bond acceptors (Lipinski definition) is 3. The molecule has 0 fully saturated rings. The Bertz CT molecular complexity index is 1170. The molecule has 0 spiro atoms. The summed E-state index contributed by atoms with van der Waals surface area (Å²) in [4.78, 5) is 14.8.